The van der Waals surface area contributed by atoms with Crippen LogP contribution in [0.4, 0.5) is 5.69 Å². The van der Waals surface area contributed by atoms with Crippen LogP contribution in [-0.4, -0.2) is 30.7 Å². The molecule has 0 atom stereocenters. The van der Waals surface area contributed by atoms with Gasteiger partial charge in [0.1, 0.15) is 12.4 Å². The van der Waals surface area contributed by atoms with Crippen molar-refractivity contribution >= 4 is 11.6 Å². The van der Waals surface area contributed by atoms with E-state index < -0.39 is 0 Å². The number of hydrogen-bond acceptors (Lipinski definition) is 4. The van der Waals surface area contributed by atoms with E-state index >= 15 is 0 Å². The van der Waals surface area contributed by atoms with Crippen LogP contribution in [0, 0.1) is 0 Å². The zero-order chi connectivity index (χ0) is 15.6. The van der Waals surface area contributed by atoms with Crippen LogP contribution in [0.15, 0.2) is 54.6 Å². The first-order valence-electron chi connectivity index (χ1n) is 7.16. The monoisotopic (exact) mass is 300 g/mol. The van der Waals surface area contributed by atoms with Gasteiger partial charge in [-0.3, -0.25) is 4.79 Å². The molecule has 0 spiro atoms. The van der Waals surface area contributed by atoms with Crippen LogP contribution in [0.3, 0.4) is 0 Å². The van der Waals surface area contributed by atoms with E-state index in [1.165, 1.54) is 0 Å². The van der Waals surface area contributed by atoms with Gasteiger partial charge in [0.2, 0.25) is 5.91 Å². The molecule has 116 valence electrons. The molecule has 1 amide bonds. The van der Waals surface area contributed by atoms with Crippen LogP contribution in [0.25, 0.3) is 0 Å². The number of aliphatic hydroxyl groups is 1. The van der Waals surface area contributed by atoms with Gasteiger partial charge < -0.3 is 20.5 Å². The highest BCUT2D eigenvalue weighted by atomic mass is 16.5. The highest BCUT2D eigenvalue weighted by Gasteiger charge is 2.02. The number of rotatable bonds is 8. The van der Waals surface area contributed by atoms with Gasteiger partial charge in [0.15, 0.2) is 0 Å². The number of aliphatic hydroxyl groups excluding tert-OH is 1. The normalized spacial score (nSPS) is 10.2. The van der Waals surface area contributed by atoms with Crippen molar-refractivity contribution in [3.8, 4) is 5.75 Å². The Morgan fingerprint density at radius 1 is 1.05 bits per heavy atom. The number of ether oxygens (including phenoxy) is 1. The molecule has 0 aliphatic heterocycles. The number of anilines is 1. The maximum Gasteiger partial charge on any atom is 0.238 e. The fraction of sp³-hybridized carbons (Fsp3) is 0.235. The summed E-state index contributed by atoms with van der Waals surface area (Å²) in [5, 5.41) is 14.2. The van der Waals surface area contributed by atoms with Crippen molar-refractivity contribution in [1.82, 2.24) is 5.32 Å². The van der Waals surface area contributed by atoms with Gasteiger partial charge in [-0.2, -0.15) is 0 Å². The Kier molecular flexibility index (Phi) is 6.41. The maximum absolute atomic E-state index is 11.6. The van der Waals surface area contributed by atoms with Crippen molar-refractivity contribution in [3.05, 3.63) is 60.2 Å². The summed E-state index contributed by atoms with van der Waals surface area (Å²) in [7, 11) is 0. The standard InChI is InChI=1S/C17H20N2O3/c20-11-10-18-12-17(21)19-15-6-8-16(9-7-15)22-13-14-4-2-1-3-5-14/h1-9,18,20H,10-13H2,(H,19,21). The van der Waals surface area contributed by atoms with Gasteiger partial charge in [0.05, 0.1) is 13.2 Å². The molecular weight excluding hydrogens is 280 g/mol. The van der Waals surface area contributed by atoms with Gasteiger partial charge in [-0.15, -0.1) is 0 Å². The first-order chi connectivity index (χ1) is 10.8. The van der Waals surface area contributed by atoms with Crippen LogP contribution < -0.4 is 15.4 Å². The zero-order valence-corrected chi connectivity index (χ0v) is 12.3. The lowest BCUT2D eigenvalue weighted by Gasteiger charge is -2.09. The molecule has 0 aromatic heterocycles. The third kappa shape index (κ3) is 5.55. The number of carbonyl (C=O) groups excluding carboxylic acids is 1. The van der Waals surface area contributed by atoms with Crippen LogP contribution in [0.2, 0.25) is 0 Å². The number of benzene rings is 2. The summed E-state index contributed by atoms with van der Waals surface area (Å²) in [6.45, 7) is 1.10. The highest BCUT2D eigenvalue weighted by molar-refractivity contribution is 5.92. The molecule has 0 aliphatic rings. The lowest BCUT2D eigenvalue weighted by atomic mass is 10.2. The van der Waals surface area contributed by atoms with E-state index in [9.17, 15) is 4.79 Å². The number of amides is 1. The Morgan fingerprint density at radius 3 is 2.45 bits per heavy atom. The SMILES string of the molecule is O=C(CNCCO)Nc1ccc(OCc2ccccc2)cc1. The fourth-order valence-corrected chi connectivity index (χ4v) is 1.86. The van der Waals surface area contributed by atoms with Crippen molar-refractivity contribution in [3.63, 3.8) is 0 Å². The minimum atomic E-state index is -0.147. The molecule has 5 nitrogen and oxygen atoms in total. The quantitative estimate of drug-likeness (QED) is 0.650. The second kappa shape index (κ2) is 8.81. The van der Waals surface area contributed by atoms with E-state index in [-0.39, 0.29) is 19.1 Å². The van der Waals surface area contributed by atoms with Gasteiger partial charge in [-0.05, 0) is 29.8 Å². The van der Waals surface area contributed by atoms with Crippen LogP contribution in [-0.2, 0) is 11.4 Å². The molecule has 0 bridgehead atoms. The minimum absolute atomic E-state index is 0.0146. The summed E-state index contributed by atoms with van der Waals surface area (Å²) in [5.41, 5.74) is 1.82. The van der Waals surface area contributed by atoms with Crippen molar-refractivity contribution in [2.24, 2.45) is 0 Å². The van der Waals surface area contributed by atoms with Gasteiger partial charge in [-0.1, -0.05) is 30.3 Å². The van der Waals surface area contributed by atoms with Crippen molar-refractivity contribution in [2.45, 2.75) is 6.61 Å². The first kappa shape index (κ1) is 16.0. The molecule has 0 unspecified atom stereocenters. The Labute approximate surface area is 129 Å². The molecule has 2 rings (SSSR count). The summed E-state index contributed by atoms with van der Waals surface area (Å²) in [6, 6.07) is 17.2. The van der Waals surface area contributed by atoms with Crippen molar-refractivity contribution in [1.29, 1.82) is 0 Å². The van der Waals surface area contributed by atoms with Crippen molar-refractivity contribution < 1.29 is 14.6 Å². The van der Waals surface area contributed by atoms with Gasteiger partial charge in [0.25, 0.3) is 0 Å². The summed E-state index contributed by atoms with van der Waals surface area (Å²) in [6.07, 6.45) is 0. The number of nitrogens with one attached hydrogen (secondary N) is 2. The first-order valence-corrected chi connectivity index (χ1v) is 7.16. The van der Waals surface area contributed by atoms with E-state index in [0.717, 1.165) is 11.3 Å². The van der Waals surface area contributed by atoms with Crippen molar-refractivity contribution in [2.75, 3.05) is 25.0 Å². The third-order valence-electron chi connectivity index (χ3n) is 2.96. The molecule has 0 fully saturated rings. The predicted molar refractivity (Wildman–Crippen MR) is 85.8 cm³/mol. The number of carbonyl (C=O) groups is 1. The molecule has 0 heterocycles. The predicted octanol–water partition coefficient (Wildman–Crippen LogP) is 1.79. The Hall–Kier alpha value is -2.37. The van der Waals surface area contributed by atoms with Crippen LogP contribution in [0.5, 0.6) is 5.75 Å². The van der Waals surface area contributed by atoms with E-state index in [4.69, 9.17) is 9.84 Å². The fourth-order valence-electron chi connectivity index (χ4n) is 1.86. The molecule has 5 heteroatoms. The topological polar surface area (TPSA) is 70.6 Å². The third-order valence-corrected chi connectivity index (χ3v) is 2.96. The summed E-state index contributed by atoms with van der Waals surface area (Å²) >= 11 is 0. The van der Waals surface area contributed by atoms with Crippen LogP contribution >= 0.6 is 0 Å². The molecule has 0 saturated heterocycles. The average Bonchev–Trinajstić information content (AvgIpc) is 2.55. The molecule has 0 aliphatic carbocycles. The smallest absolute Gasteiger partial charge is 0.238 e. The summed E-state index contributed by atoms with van der Waals surface area (Å²) in [5.74, 6) is 0.603. The van der Waals surface area contributed by atoms with Gasteiger partial charge in [0, 0.05) is 12.2 Å². The highest BCUT2D eigenvalue weighted by Crippen LogP contribution is 2.17. The average molecular weight is 300 g/mol. The summed E-state index contributed by atoms with van der Waals surface area (Å²) in [4.78, 5) is 11.6. The lowest BCUT2D eigenvalue weighted by Crippen LogP contribution is -2.29. The molecule has 2 aromatic rings. The van der Waals surface area contributed by atoms with Gasteiger partial charge >= 0.3 is 0 Å². The molecular formula is C17H20N2O3. The molecule has 0 radical (unpaired) electrons. The zero-order valence-electron chi connectivity index (χ0n) is 12.3. The minimum Gasteiger partial charge on any atom is -0.489 e. The Balaban J connectivity index is 1.79. The van der Waals surface area contributed by atoms with Gasteiger partial charge in [-0.25, -0.2) is 0 Å². The molecule has 3 N–H and O–H groups in total. The van der Waals surface area contributed by atoms with E-state index in [1.807, 2.05) is 42.5 Å². The van der Waals surface area contributed by atoms with E-state index in [1.54, 1.807) is 12.1 Å². The van der Waals surface area contributed by atoms with E-state index in [2.05, 4.69) is 10.6 Å². The molecule has 0 saturated carbocycles. The Morgan fingerprint density at radius 2 is 1.77 bits per heavy atom. The number of hydrogen-bond donors (Lipinski definition) is 3. The largest absolute Gasteiger partial charge is 0.489 e. The second-order valence-electron chi connectivity index (χ2n) is 4.75. The summed E-state index contributed by atoms with van der Waals surface area (Å²) < 4.78 is 5.68. The Bertz CT molecular complexity index is 570. The second-order valence-corrected chi connectivity index (χ2v) is 4.75. The molecule has 22 heavy (non-hydrogen) atoms. The molecule has 2 aromatic carbocycles. The van der Waals surface area contributed by atoms with E-state index in [0.29, 0.717) is 18.8 Å². The maximum atomic E-state index is 11.6. The van der Waals surface area contributed by atoms with Crippen LogP contribution in [0.1, 0.15) is 5.56 Å². The lowest BCUT2D eigenvalue weighted by molar-refractivity contribution is -0.115.